The second kappa shape index (κ2) is 7.32. The largest absolute Gasteiger partial charge is 0.469 e. The Labute approximate surface area is 120 Å². The van der Waals surface area contributed by atoms with Crippen LogP contribution in [0.25, 0.3) is 0 Å². The van der Waals surface area contributed by atoms with Gasteiger partial charge in [0.15, 0.2) is 0 Å². The molecule has 0 fully saturated rings. The molecular weight excluding hydrogens is 283 g/mol. The Hall–Kier alpha value is -2.51. The molecule has 0 aromatic heterocycles. The Bertz CT molecular complexity index is 561. The molecule has 7 nitrogen and oxygen atoms in total. The molecule has 0 bridgehead atoms. The Balaban J connectivity index is 2.70. The average molecular weight is 298 g/mol. The summed E-state index contributed by atoms with van der Waals surface area (Å²) in [6.45, 7) is 0.240. The number of methoxy groups -OCH3 is 1. The van der Waals surface area contributed by atoms with Crippen LogP contribution in [0.1, 0.15) is 23.2 Å². The van der Waals surface area contributed by atoms with Gasteiger partial charge in [0, 0.05) is 26.1 Å². The summed E-state index contributed by atoms with van der Waals surface area (Å²) < 4.78 is 18.2. The second-order valence-electron chi connectivity index (χ2n) is 4.33. The first-order valence-electron chi connectivity index (χ1n) is 6.13. The third-order valence-electron chi connectivity index (χ3n) is 2.84. The van der Waals surface area contributed by atoms with E-state index in [9.17, 15) is 24.1 Å². The molecular formula is C13H15FN2O5. The lowest BCUT2D eigenvalue weighted by atomic mass is 10.1. The summed E-state index contributed by atoms with van der Waals surface area (Å²) in [6, 6.07) is 2.85. The van der Waals surface area contributed by atoms with Crippen LogP contribution in [0.3, 0.4) is 0 Å². The van der Waals surface area contributed by atoms with Crippen LogP contribution in [0.4, 0.5) is 10.1 Å². The zero-order valence-corrected chi connectivity index (χ0v) is 11.7. The molecule has 1 rings (SSSR count). The van der Waals surface area contributed by atoms with Gasteiger partial charge in [-0.15, -0.1) is 0 Å². The number of hydrogen-bond donors (Lipinski definition) is 0. The van der Waals surface area contributed by atoms with Gasteiger partial charge < -0.3 is 9.64 Å². The minimum atomic E-state index is -0.950. The highest BCUT2D eigenvalue weighted by Crippen LogP contribution is 2.17. The fraction of sp³-hybridized carbons (Fsp3) is 0.385. The van der Waals surface area contributed by atoms with Crippen molar-refractivity contribution in [3.05, 3.63) is 39.7 Å². The normalized spacial score (nSPS) is 10.0. The van der Waals surface area contributed by atoms with Crippen LogP contribution < -0.4 is 0 Å². The molecule has 0 spiro atoms. The predicted octanol–water partition coefficient (Wildman–Crippen LogP) is 1.76. The van der Waals surface area contributed by atoms with E-state index in [1.165, 1.54) is 19.1 Å². The molecule has 1 amide bonds. The van der Waals surface area contributed by atoms with Crippen LogP contribution in [0, 0.1) is 15.9 Å². The van der Waals surface area contributed by atoms with Crippen LogP contribution in [0.2, 0.25) is 0 Å². The highest BCUT2D eigenvalue weighted by atomic mass is 19.1. The number of halogens is 1. The quantitative estimate of drug-likeness (QED) is 0.453. The van der Waals surface area contributed by atoms with E-state index in [4.69, 9.17) is 0 Å². The standard InChI is InChI=1S/C13H15FN2O5/c1-15(7-3-4-12(17)21-2)13(18)10-6-5-9(16(19)20)8-11(10)14/h5-6,8H,3-4,7H2,1-2H3. The summed E-state index contributed by atoms with van der Waals surface area (Å²) >= 11 is 0. The molecule has 114 valence electrons. The summed E-state index contributed by atoms with van der Waals surface area (Å²) in [5.41, 5.74) is -0.668. The van der Waals surface area contributed by atoms with Crippen molar-refractivity contribution in [2.24, 2.45) is 0 Å². The third kappa shape index (κ3) is 4.51. The van der Waals surface area contributed by atoms with E-state index in [0.29, 0.717) is 12.5 Å². The first kappa shape index (κ1) is 16.5. The minimum absolute atomic E-state index is 0.150. The number of carbonyl (C=O) groups is 2. The van der Waals surface area contributed by atoms with Gasteiger partial charge in [-0.2, -0.15) is 0 Å². The topological polar surface area (TPSA) is 89.8 Å². The fourth-order valence-electron chi connectivity index (χ4n) is 1.66. The Morgan fingerprint density at radius 2 is 2.10 bits per heavy atom. The number of nitrogens with zero attached hydrogens (tertiary/aromatic N) is 2. The Morgan fingerprint density at radius 1 is 1.43 bits per heavy atom. The molecule has 0 aliphatic heterocycles. The lowest BCUT2D eigenvalue weighted by molar-refractivity contribution is -0.385. The molecule has 0 N–H and O–H groups in total. The van der Waals surface area contributed by atoms with Gasteiger partial charge in [-0.25, -0.2) is 4.39 Å². The van der Waals surface area contributed by atoms with Crippen LogP contribution >= 0.6 is 0 Å². The number of hydrogen-bond acceptors (Lipinski definition) is 5. The van der Waals surface area contributed by atoms with Crippen molar-refractivity contribution >= 4 is 17.6 Å². The first-order valence-corrected chi connectivity index (χ1v) is 6.13. The van der Waals surface area contributed by atoms with Gasteiger partial charge in [0.2, 0.25) is 0 Å². The molecule has 0 saturated heterocycles. The van der Waals surface area contributed by atoms with E-state index < -0.39 is 28.3 Å². The van der Waals surface area contributed by atoms with E-state index in [1.807, 2.05) is 0 Å². The molecule has 0 atom stereocenters. The first-order chi connectivity index (χ1) is 9.86. The van der Waals surface area contributed by atoms with Gasteiger partial charge in [-0.05, 0) is 12.5 Å². The van der Waals surface area contributed by atoms with Crippen LogP contribution in [0.15, 0.2) is 18.2 Å². The zero-order valence-electron chi connectivity index (χ0n) is 11.7. The molecule has 0 aliphatic rings. The molecule has 8 heteroatoms. The maximum absolute atomic E-state index is 13.7. The zero-order chi connectivity index (χ0) is 16.0. The highest BCUT2D eigenvalue weighted by molar-refractivity contribution is 5.94. The monoisotopic (exact) mass is 298 g/mol. The van der Waals surface area contributed by atoms with Crippen LogP contribution in [0.5, 0.6) is 0 Å². The van der Waals surface area contributed by atoms with Gasteiger partial charge >= 0.3 is 5.97 Å². The maximum Gasteiger partial charge on any atom is 0.305 e. The molecule has 0 heterocycles. The van der Waals surface area contributed by atoms with Crippen LogP contribution in [-0.4, -0.2) is 42.4 Å². The van der Waals surface area contributed by atoms with Gasteiger partial charge in [-0.3, -0.25) is 19.7 Å². The van der Waals surface area contributed by atoms with E-state index in [2.05, 4.69) is 4.74 Å². The number of nitro benzene ring substituents is 1. The van der Waals surface area contributed by atoms with Gasteiger partial charge in [0.1, 0.15) is 5.82 Å². The number of benzene rings is 1. The van der Waals surface area contributed by atoms with E-state index in [1.54, 1.807) is 0 Å². The van der Waals surface area contributed by atoms with Crippen molar-refractivity contribution < 1.29 is 23.6 Å². The van der Waals surface area contributed by atoms with Crippen molar-refractivity contribution in [2.45, 2.75) is 12.8 Å². The number of nitro groups is 1. The number of ether oxygens (including phenoxy) is 1. The molecule has 1 aromatic carbocycles. The van der Waals surface area contributed by atoms with Crippen molar-refractivity contribution in [3.63, 3.8) is 0 Å². The molecule has 1 aromatic rings. The Kier molecular flexibility index (Phi) is 5.77. The number of carbonyl (C=O) groups excluding carboxylic acids is 2. The van der Waals surface area contributed by atoms with Crippen molar-refractivity contribution in [1.82, 2.24) is 4.90 Å². The lowest BCUT2D eigenvalue weighted by Crippen LogP contribution is -2.29. The van der Waals surface area contributed by atoms with E-state index in [-0.39, 0.29) is 18.5 Å². The molecule has 21 heavy (non-hydrogen) atoms. The summed E-state index contributed by atoms with van der Waals surface area (Å²) in [5.74, 6) is -1.95. The molecule has 0 unspecified atom stereocenters. The number of amides is 1. The number of non-ortho nitro benzene ring substituents is 1. The van der Waals surface area contributed by atoms with E-state index >= 15 is 0 Å². The van der Waals surface area contributed by atoms with Gasteiger partial charge in [-0.1, -0.05) is 0 Å². The third-order valence-corrected chi connectivity index (χ3v) is 2.84. The van der Waals surface area contributed by atoms with Gasteiger partial charge in [0.05, 0.1) is 23.7 Å². The van der Waals surface area contributed by atoms with Crippen molar-refractivity contribution in [2.75, 3.05) is 20.7 Å². The summed E-state index contributed by atoms with van der Waals surface area (Å²) in [7, 11) is 2.73. The molecule has 0 radical (unpaired) electrons. The van der Waals surface area contributed by atoms with Crippen LogP contribution in [-0.2, 0) is 9.53 Å². The minimum Gasteiger partial charge on any atom is -0.469 e. The SMILES string of the molecule is COC(=O)CCCN(C)C(=O)c1ccc([N+](=O)[O-])cc1F. The van der Waals surface area contributed by atoms with Crippen molar-refractivity contribution in [1.29, 1.82) is 0 Å². The molecule has 0 saturated carbocycles. The summed E-state index contributed by atoms with van der Waals surface area (Å²) in [6.07, 6.45) is 0.528. The number of rotatable bonds is 6. The smallest absolute Gasteiger partial charge is 0.305 e. The molecule has 0 aliphatic carbocycles. The lowest BCUT2D eigenvalue weighted by Gasteiger charge is -2.17. The Morgan fingerprint density at radius 3 is 2.62 bits per heavy atom. The highest BCUT2D eigenvalue weighted by Gasteiger charge is 2.19. The summed E-state index contributed by atoms with van der Waals surface area (Å²) in [4.78, 5) is 33.9. The van der Waals surface area contributed by atoms with Gasteiger partial charge in [0.25, 0.3) is 11.6 Å². The second-order valence-corrected chi connectivity index (χ2v) is 4.33. The van der Waals surface area contributed by atoms with E-state index in [0.717, 1.165) is 12.1 Å². The predicted molar refractivity (Wildman–Crippen MR) is 71.3 cm³/mol. The summed E-state index contributed by atoms with van der Waals surface area (Å²) in [5, 5.41) is 10.5. The fourth-order valence-corrected chi connectivity index (χ4v) is 1.66. The van der Waals surface area contributed by atoms with Crippen molar-refractivity contribution in [3.8, 4) is 0 Å². The average Bonchev–Trinajstić information content (AvgIpc) is 2.45. The maximum atomic E-state index is 13.7. The number of esters is 1.